The summed E-state index contributed by atoms with van der Waals surface area (Å²) in [6.45, 7) is 13.8. The average molecular weight is 516 g/mol. The first-order valence-electron chi connectivity index (χ1n) is 12.6. The SMILES string of the molecule is CC(C)(C)[Si](C)(C)Oc1ccc(Cl)c(CC(CN2CCC3(CC2)OCc2ccccc23)C(=O)O)c1. The summed E-state index contributed by atoms with van der Waals surface area (Å²) in [4.78, 5) is 14.5. The summed E-state index contributed by atoms with van der Waals surface area (Å²) < 4.78 is 12.7. The van der Waals surface area contributed by atoms with Crippen LogP contribution in [0.15, 0.2) is 42.5 Å². The number of rotatable bonds is 7. The first-order chi connectivity index (χ1) is 16.4. The lowest BCUT2D eigenvalue weighted by Crippen LogP contribution is -2.45. The van der Waals surface area contributed by atoms with Crippen LogP contribution in [-0.4, -0.2) is 43.9 Å². The monoisotopic (exact) mass is 515 g/mol. The highest BCUT2D eigenvalue weighted by Crippen LogP contribution is 2.44. The van der Waals surface area contributed by atoms with Gasteiger partial charge in [0.05, 0.1) is 18.1 Å². The average Bonchev–Trinajstić information content (AvgIpc) is 3.14. The van der Waals surface area contributed by atoms with Crippen LogP contribution in [0.1, 0.15) is 50.3 Å². The molecule has 0 saturated carbocycles. The zero-order valence-electron chi connectivity index (χ0n) is 21.6. The van der Waals surface area contributed by atoms with E-state index in [9.17, 15) is 9.90 Å². The van der Waals surface area contributed by atoms with E-state index >= 15 is 0 Å². The zero-order chi connectivity index (χ0) is 25.4. The molecule has 4 rings (SSSR count). The predicted octanol–water partition coefficient (Wildman–Crippen LogP) is 6.49. The summed E-state index contributed by atoms with van der Waals surface area (Å²) in [6.07, 6.45) is 2.14. The molecule has 1 saturated heterocycles. The smallest absolute Gasteiger partial charge is 0.308 e. The van der Waals surface area contributed by atoms with Crippen LogP contribution in [0, 0.1) is 5.92 Å². The van der Waals surface area contributed by atoms with Crippen molar-refractivity contribution in [3.63, 3.8) is 0 Å². The molecule has 2 aliphatic rings. The number of hydrogen-bond donors (Lipinski definition) is 1. The number of halogens is 1. The van der Waals surface area contributed by atoms with Gasteiger partial charge in [-0.05, 0) is 72.3 Å². The number of likely N-dealkylation sites (tertiary alicyclic amines) is 1. The van der Waals surface area contributed by atoms with Gasteiger partial charge in [0.1, 0.15) is 5.75 Å². The number of carbonyl (C=O) groups is 1. The van der Waals surface area contributed by atoms with Crippen LogP contribution in [0.5, 0.6) is 5.75 Å². The number of ether oxygens (including phenoxy) is 1. The molecule has 7 heteroatoms. The fourth-order valence-electron chi connectivity index (χ4n) is 4.92. The van der Waals surface area contributed by atoms with Crippen LogP contribution in [0.4, 0.5) is 0 Å². The minimum Gasteiger partial charge on any atom is -0.543 e. The molecule has 1 N–H and O–H groups in total. The van der Waals surface area contributed by atoms with Crippen LogP contribution >= 0.6 is 11.6 Å². The highest BCUT2D eigenvalue weighted by Gasteiger charge is 2.43. The van der Waals surface area contributed by atoms with E-state index in [-0.39, 0.29) is 10.6 Å². The largest absolute Gasteiger partial charge is 0.543 e. The quantitative estimate of drug-likeness (QED) is 0.427. The van der Waals surface area contributed by atoms with E-state index in [1.807, 2.05) is 18.2 Å². The number of carboxylic acid groups (broad SMARTS) is 1. The molecule has 2 aliphatic heterocycles. The second kappa shape index (κ2) is 9.89. The summed E-state index contributed by atoms with van der Waals surface area (Å²) in [6, 6.07) is 14.1. The first kappa shape index (κ1) is 26.2. The molecule has 1 atom stereocenters. The van der Waals surface area contributed by atoms with Crippen molar-refractivity contribution < 1.29 is 19.1 Å². The van der Waals surface area contributed by atoms with Gasteiger partial charge in [0.2, 0.25) is 8.32 Å². The molecule has 1 spiro atoms. The Morgan fingerprint density at radius 2 is 1.89 bits per heavy atom. The van der Waals surface area contributed by atoms with Crippen molar-refractivity contribution in [2.24, 2.45) is 5.92 Å². The van der Waals surface area contributed by atoms with Crippen LogP contribution < -0.4 is 4.43 Å². The van der Waals surface area contributed by atoms with Crippen LogP contribution in [-0.2, 0) is 28.2 Å². The topological polar surface area (TPSA) is 59.0 Å². The Morgan fingerprint density at radius 1 is 1.20 bits per heavy atom. The van der Waals surface area contributed by atoms with Gasteiger partial charge >= 0.3 is 5.97 Å². The third-order valence-corrected chi connectivity index (χ3v) is 12.9. The molecule has 2 aromatic carbocycles. The first-order valence-corrected chi connectivity index (χ1v) is 15.8. The maximum Gasteiger partial charge on any atom is 0.308 e. The minimum atomic E-state index is -2.00. The molecule has 1 fully saturated rings. The van der Waals surface area contributed by atoms with Gasteiger partial charge in [0.25, 0.3) is 0 Å². The minimum absolute atomic E-state index is 0.0750. The van der Waals surface area contributed by atoms with Gasteiger partial charge in [0.15, 0.2) is 0 Å². The van der Waals surface area contributed by atoms with Gasteiger partial charge in [-0.1, -0.05) is 56.6 Å². The highest BCUT2D eigenvalue weighted by molar-refractivity contribution is 6.74. The Balaban J connectivity index is 1.42. The molecule has 0 aromatic heterocycles. The molecule has 1 unspecified atom stereocenters. The van der Waals surface area contributed by atoms with Crippen molar-refractivity contribution in [1.29, 1.82) is 0 Å². The Bertz CT molecular complexity index is 1070. The molecular formula is C28H38ClNO4Si. The van der Waals surface area contributed by atoms with E-state index in [0.717, 1.165) is 37.2 Å². The van der Waals surface area contributed by atoms with Crippen molar-refractivity contribution in [3.05, 3.63) is 64.2 Å². The molecule has 2 aromatic rings. The molecule has 0 bridgehead atoms. The van der Waals surface area contributed by atoms with E-state index in [1.165, 1.54) is 11.1 Å². The number of benzene rings is 2. The van der Waals surface area contributed by atoms with E-state index in [0.29, 0.717) is 24.6 Å². The zero-order valence-corrected chi connectivity index (χ0v) is 23.3. The van der Waals surface area contributed by atoms with E-state index < -0.39 is 20.2 Å². The Labute approximate surface area is 215 Å². The number of fused-ring (bicyclic) bond motifs is 2. The Morgan fingerprint density at radius 3 is 2.54 bits per heavy atom. The third-order valence-electron chi connectivity index (χ3n) is 8.17. The van der Waals surface area contributed by atoms with Crippen LogP contribution in [0.2, 0.25) is 23.2 Å². The molecule has 0 radical (unpaired) electrons. The summed E-state index contributed by atoms with van der Waals surface area (Å²) >= 11 is 6.51. The standard InChI is InChI=1S/C28H38ClNO4Si/c1-27(2,3)35(4,5)34-23-10-11-25(29)21(17-23)16-22(26(31)32)18-30-14-12-28(13-15-30)24-9-7-6-8-20(24)19-33-28/h6-11,17,22H,12-16,18-19H2,1-5H3,(H,31,32). The summed E-state index contributed by atoms with van der Waals surface area (Å²) in [7, 11) is -2.00. The van der Waals surface area contributed by atoms with Gasteiger partial charge in [-0.3, -0.25) is 4.79 Å². The lowest BCUT2D eigenvalue weighted by Gasteiger charge is -2.40. The Kier molecular flexibility index (Phi) is 7.40. The van der Waals surface area contributed by atoms with Crippen LogP contribution in [0.25, 0.3) is 0 Å². The number of aliphatic carboxylic acids is 1. The fraction of sp³-hybridized carbons (Fsp3) is 0.536. The van der Waals surface area contributed by atoms with Crippen molar-refractivity contribution in [2.75, 3.05) is 19.6 Å². The van der Waals surface area contributed by atoms with Crippen molar-refractivity contribution in [1.82, 2.24) is 4.90 Å². The van der Waals surface area contributed by atoms with E-state index in [2.05, 4.69) is 63.0 Å². The normalized spacial score (nSPS) is 18.9. The van der Waals surface area contributed by atoms with Gasteiger partial charge in [-0.25, -0.2) is 0 Å². The van der Waals surface area contributed by atoms with Crippen molar-refractivity contribution >= 4 is 25.9 Å². The number of piperidine rings is 1. The van der Waals surface area contributed by atoms with Crippen molar-refractivity contribution in [3.8, 4) is 5.75 Å². The summed E-state index contributed by atoms with van der Waals surface area (Å²) in [5, 5.41) is 10.7. The fourth-order valence-corrected chi connectivity index (χ4v) is 6.14. The summed E-state index contributed by atoms with van der Waals surface area (Å²) in [5.74, 6) is -0.557. The lowest BCUT2D eigenvalue weighted by molar-refractivity contribution is -0.143. The molecule has 5 nitrogen and oxygen atoms in total. The third kappa shape index (κ3) is 5.61. The number of carboxylic acids is 1. The van der Waals surface area contributed by atoms with Gasteiger partial charge in [-0.2, -0.15) is 0 Å². The lowest BCUT2D eigenvalue weighted by atomic mass is 9.83. The molecule has 35 heavy (non-hydrogen) atoms. The molecule has 0 aliphatic carbocycles. The molecule has 0 amide bonds. The maximum absolute atomic E-state index is 12.2. The highest BCUT2D eigenvalue weighted by atomic mass is 35.5. The molecular weight excluding hydrogens is 478 g/mol. The van der Waals surface area contributed by atoms with E-state index in [1.54, 1.807) is 0 Å². The second-order valence-corrected chi connectivity index (χ2v) is 16.7. The molecule has 2 heterocycles. The van der Waals surface area contributed by atoms with E-state index in [4.69, 9.17) is 20.8 Å². The van der Waals surface area contributed by atoms with Gasteiger partial charge in [-0.15, -0.1) is 0 Å². The van der Waals surface area contributed by atoms with Crippen LogP contribution in [0.3, 0.4) is 0 Å². The molecule has 190 valence electrons. The van der Waals surface area contributed by atoms with Crippen molar-refractivity contribution in [2.45, 2.75) is 70.4 Å². The Hall–Kier alpha value is -1.86. The van der Waals surface area contributed by atoms with Gasteiger partial charge < -0.3 is 19.2 Å². The maximum atomic E-state index is 12.2. The number of nitrogens with zero attached hydrogens (tertiary/aromatic N) is 1. The second-order valence-electron chi connectivity index (χ2n) is 11.6. The summed E-state index contributed by atoms with van der Waals surface area (Å²) in [5.41, 5.74) is 3.19. The predicted molar refractivity (Wildman–Crippen MR) is 143 cm³/mol. The number of hydrogen-bond acceptors (Lipinski definition) is 4. The van der Waals surface area contributed by atoms with Gasteiger partial charge in [0, 0.05) is 24.7 Å².